The average Bonchev–Trinajstić information content (AvgIpc) is 2.16. The van der Waals surface area contributed by atoms with Crippen LogP contribution in [0.1, 0.15) is 34.6 Å². The van der Waals surface area contributed by atoms with Gasteiger partial charge in [0.1, 0.15) is 12.2 Å². The molecule has 3 atom stereocenters. The molecule has 0 aromatic heterocycles. The molecule has 0 aliphatic rings. The van der Waals surface area contributed by atoms with E-state index in [1.165, 1.54) is 13.8 Å². The number of aliphatic hydroxyl groups excluding tert-OH is 1. The molecule has 0 heterocycles. The smallest absolute Gasteiger partial charge is 0.347 e. The second kappa shape index (κ2) is 6.48. The van der Waals surface area contributed by atoms with E-state index in [-0.39, 0.29) is 12.0 Å². The molecule has 0 rings (SSSR count). The molecule has 16 heavy (non-hydrogen) atoms. The van der Waals surface area contributed by atoms with Crippen LogP contribution in [-0.2, 0) is 19.1 Å². The predicted molar refractivity (Wildman–Crippen MR) is 57.6 cm³/mol. The number of rotatable bonds is 5. The first-order chi connectivity index (χ1) is 7.25. The lowest BCUT2D eigenvalue weighted by atomic mass is 10.1. The van der Waals surface area contributed by atoms with Crippen LogP contribution >= 0.6 is 0 Å². The van der Waals surface area contributed by atoms with Gasteiger partial charge in [-0.05, 0) is 26.7 Å². The Kier molecular flexibility index (Phi) is 6.03. The normalized spacial score (nSPS) is 16.4. The van der Waals surface area contributed by atoms with Crippen LogP contribution in [0.25, 0.3) is 0 Å². The lowest BCUT2D eigenvalue weighted by Crippen LogP contribution is -2.33. The van der Waals surface area contributed by atoms with Crippen molar-refractivity contribution in [1.29, 1.82) is 0 Å². The maximum Gasteiger partial charge on any atom is 0.347 e. The lowest BCUT2D eigenvalue weighted by molar-refractivity contribution is -0.174. The van der Waals surface area contributed by atoms with Crippen molar-refractivity contribution in [3.63, 3.8) is 0 Å². The van der Waals surface area contributed by atoms with Gasteiger partial charge in [-0.1, -0.05) is 13.8 Å². The van der Waals surface area contributed by atoms with Crippen molar-refractivity contribution >= 4 is 11.9 Å². The van der Waals surface area contributed by atoms with E-state index in [1.807, 2.05) is 13.8 Å². The second-order valence-corrected chi connectivity index (χ2v) is 4.14. The largest absolute Gasteiger partial charge is 0.460 e. The van der Waals surface area contributed by atoms with Crippen molar-refractivity contribution in [2.45, 2.75) is 52.9 Å². The zero-order chi connectivity index (χ0) is 12.9. The Morgan fingerprint density at radius 3 is 1.81 bits per heavy atom. The van der Waals surface area contributed by atoms with Gasteiger partial charge in [0.15, 0.2) is 6.10 Å². The average molecular weight is 232 g/mol. The standard InChI is InChI=1S/C11H20O5/c1-6(2)8(4)15-11(14)9(5)16-10(13)7(3)12/h6-9,12H,1-5H3. The highest BCUT2D eigenvalue weighted by atomic mass is 16.6. The number of aliphatic hydroxyl groups is 1. The second-order valence-electron chi connectivity index (χ2n) is 4.14. The monoisotopic (exact) mass is 232 g/mol. The third-order valence-electron chi connectivity index (χ3n) is 2.21. The fourth-order valence-corrected chi connectivity index (χ4v) is 0.736. The highest BCUT2D eigenvalue weighted by Crippen LogP contribution is 2.08. The summed E-state index contributed by atoms with van der Waals surface area (Å²) >= 11 is 0. The fraction of sp³-hybridized carbons (Fsp3) is 0.818. The summed E-state index contributed by atoms with van der Waals surface area (Å²) in [7, 11) is 0. The van der Waals surface area contributed by atoms with Gasteiger partial charge in [0.05, 0.1) is 0 Å². The molecule has 0 aromatic carbocycles. The minimum absolute atomic E-state index is 0.198. The molecule has 1 N–H and O–H groups in total. The van der Waals surface area contributed by atoms with Crippen molar-refractivity contribution in [2.24, 2.45) is 5.92 Å². The van der Waals surface area contributed by atoms with Gasteiger partial charge in [-0.3, -0.25) is 0 Å². The summed E-state index contributed by atoms with van der Waals surface area (Å²) in [6.07, 6.45) is -2.47. The third kappa shape index (κ3) is 5.11. The lowest BCUT2D eigenvalue weighted by Gasteiger charge is -2.19. The molecule has 0 fully saturated rings. The van der Waals surface area contributed by atoms with Crippen molar-refractivity contribution in [1.82, 2.24) is 0 Å². The fourth-order valence-electron chi connectivity index (χ4n) is 0.736. The molecule has 0 aliphatic carbocycles. The van der Waals surface area contributed by atoms with Crippen molar-refractivity contribution in [2.75, 3.05) is 0 Å². The van der Waals surface area contributed by atoms with Crippen LogP contribution in [-0.4, -0.2) is 35.4 Å². The summed E-state index contributed by atoms with van der Waals surface area (Å²) < 4.78 is 9.75. The highest BCUT2D eigenvalue weighted by molar-refractivity contribution is 5.80. The maximum absolute atomic E-state index is 11.4. The molecule has 0 aromatic rings. The van der Waals surface area contributed by atoms with Crippen LogP contribution in [0.5, 0.6) is 0 Å². The molecule has 94 valence electrons. The highest BCUT2D eigenvalue weighted by Gasteiger charge is 2.24. The van der Waals surface area contributed by atoms with E-state index < -0.39 is 24.1 Å². The van der Waals surface area contributed by atoms with Gasteiger partial charge in [0.2, 0.25) is 0 Å². The first-order valence-corrected chi connectivity index (χ1v) is 5.34. The zero-order valence-corrected chi connectivity index (χ0v) is 10.4. The molecule has 0 saturated heterocycles. The number of carbonyl (C=O) groups is 2. The summed E-state index contributed by atoms with van der Waals surface area (Å²) in [5.41, 5.74) is 0. The molecular formula is C11H20O5. The first kappa shape index (κ1) is 14.9. The van der Waals surface area contributed by atoms with Crippen molar-refractivity contribution < 1.29 is 24.2 Å². The number of esters is 2. The van der Waals surface area contributed by atoms with Gasteiger partial charge in [-0.25, -0.2) is 9.59 Å². The summed E-state index contributed by atoms with van der Waals surface area (Å²) in [5, 5.41) is 8.90. The zero-order valence-electron chi connectivity index (χ0n) is 10.4. The van der Waals surface area contributed by atoms with Crippen LogP contribution in [0.2, 0.25) is 0 Å². The van der Waals surface area contributed by atoms with Crippen LogP contribution in [0.3, 0.4) is 0 Å². The van der Waals surface area contributed by atoms with Crippen molar-refractivity contribution in [3.05, 3.63) is 0 Å². The molecular weight excluding hydrogens is 212 g/mol. The SMILES string of the molecule is CC(O)C(=O)OC(C)C(=O)OC(C)C(C)C. The Balaban J connectivity index is 4.14. The number of ether oxygens (including phenoxy) is 2. The Morgan fingerprint density at radius 1 is 0.938 bits per heavy atom. The Bertz CT molecular complexity index is 247. The first-order valence-electron chi connectivity index (χ1n) is 5.34. The summed E-state index contributed by atoms with van der Waals surface area (Å²) in [6.45, 7) is 8.30. The topological polar surface area (TPSA) is 72.8 Å². The van der Waals surface area contributed by atoms with Crippen molar-refractivity contribution in [3.8, 4) is 0 Å². The van der Waals surface area contributed by atoms with E-state index in [0.717, 1.165) is 0 Å². The molecule has 0 bridgehead atoms. The number of hydrogen-bond acceptors (Lipinski definition) is 5. The van der Waals surface area contributed by atoms with Crippen LogP contribution in [0.4, 0.5) is 0 Å². The molecule has 0 aliphatic heterocycles. The Morgan fingerprint density at radius 2 is 1.44 bits per heavy atom. The summed E-state index contributed by atoms with van der Waals surface area (Å²) in [4.78, 5) is 22.4. The van der Waals surface area contributed by atoms with Gasteiger partial charge >= 0.3 is 11.9 Å². The van der Waals surface area contributed by atoms with Gasteiger partial charge in [-0.2, -0.15) is 0 Å². The van der Waals surface area contributed by atoms with E-state index in [1.54, 1.807) is 6.92 Å². The minimum Gasteiger partial charge on any atom is -0.460 e. The van der Waals surface area contributed by atoms with Gasteiger partial charge in [-0.15, -0.1) is 0 Å². The van der Waals surface area contributed by atoms with Gasteiger partial charge < -0.3 is 14.6 Å². The minimum atomic E-state index is -1.24. The molecule has 5 nitrogen and oxygen atoms in total. The third-order valence-corrected chi connectivity index (χ3v) is 2.21. The Labute approximate surface area is 95.7 Å². The summed E-state index contributed by atoms with van der Waals surface area (Å²) in [6, 6.07) is 0. The van der Waals surface area contributed by atoms with Gasteiger partial charge in [0, 0.05) is 0 Å². The van der Waals surface area contributed by atoms with Crippen LogP contribution in [0.15, 0.2) is 0 Å². The summed E-state index contributed by atoms with van der Waals surface area (Å²) in [5.74, 6) is -1.24. The molecule has 3 unspecified atom stereocenters. The van der Waals surface area contributed by atoms with E-state index in [2.05, 4.69) is 0 Å². The quantitative estimate of drug-likeness (QED) is 0.712. The molecule has 5 heteroatoms. The van der Waals surface area contributed by atoms with E-state index >= 15 is 0 Å². The van der Waals surface area contributed by atoms with Crippen LogP contribution < -0.4 is 0 Å². The predicted octanol–water partition coefficient (Wildman–Crippen LogP) is 0.887. The molecule has 0 amide bonds. The van der Waals surface area contributed by atoms with E-state index in [4.69, 9.17) is 14.6 Å². The molecule has 0 spiro atoms. The number of hydrogen-bond donors (Lipinski definition) is 1. The van der Waals surface area contributed by atoms with Crippen LogP contribution in [0, 0.1) is 5.92 Å². The van der Waals surface area contributed by atoms with Gasteiger partial charge in [0.25, 0.3) is 0 Å². The van der Waals surface area contributed by atoms with E-state index in [9.17, 15) is 9.59 Å². The number of carbonyl (C=O) groups excluding carboxylic acids is 2. The molecule has 0 radical (unpaired) electrons. The Hall–Kier alpha value is -1.10. The maximum atomic E-state index is 11.4. The van der Waals surface area contributed by atoms with E-state index in [0.29, 0.717) is 0 Å². The molecule has 0 saturated carbocycles.